The van der Waals surface area contributed by atoms with E-state index in [1.807, 2.05) is 55.5 Å². The van der Waals surface area contributed by atoms with Gasteiger partial charge in [0.2, 0.25) is 0 Å². The molecule has 8 aromatic rings. The van der Waals surface area contributed by atoms with Crippen LogP contribution in [0.5, 0.6) is 11.5 Å². The molecule has 0 unspecified atom stereocenters. The summed E-state index contributed by atoms with van der Waals surface area (Å²) in [5.74, 6) is -0.219. The van der Waals surface area contributed by atoms with Gasteiger partial charge in [-0.15, -0.1) is 15.3 Å². The molecule has 19 heteroatoms. The smallest absolute Gasteiger partial charge is 0.296 e. The van der Waals surface area contributed by atoms with Crippen molar-refractivity contribution in [2.75, 3.05) is 5.32 Å². The monoisotopic (exact) mass is 919 g/mol. The maximum atomic E-state index is 12.2. The zero-order valence-electron chi connectivity index (χ0n) is 35.1. The van der Waals surface area contributed by atoms with Gasteiger partial charge in [-0.1, -0.05) is 36.4 Å². The van der Waals surface area contributed by atoms with E-state index in [4.69, 9.17) is 0 Å². The van der Waals surface area contributed by atoms with E-state index in [0.717, 1.165) is 40.5 Å². The number of benzene rings is 8. The summed E-state index contributed by atoms with van der Waals surface area (Å²) in [6.45, 7) is 5.34. The van der Waals surface area contributed by atoms with Crippen molar-refractivity contribution in [1.82, 2.24) is 0 Å². The number of anilines is 2. The summed E-state index contributed by atoms with van der Waals surface area (Å²) >= 11 is 0. The Hall–Kier alpha value is -8.10. The van der Waals surface area contributed by atoms with Crippen molar-refractivity contribution in [3.05, 3.63) is 156 Å². The van der Waals surface area contributed by atoms with Crippen molar-refractivity contribution in [2.24, 2.45) is 40.9 Å². The zero-order valence-corrected chi connectivity index (χ0v) is 36.7. The van der Waals surface area contributed by atoms with Crippen LogP contribution in [0, 0.1) is 20.8 Å². The van der Waals surface area contributed by atoms with Crippen LogP contribution in [0.2, 0.25) is 0 Å². The van der Waals surface area contributed by atoms with E-state index in [1.54, 1.807) is 68.4 Å². The third-order valence-corrected chi connectivity index (χ3v) is 12.0. The van der Waals surface area contributed by atoms with Gasteiger partial charge in [-0.25, -0.2) is 0 Å². The maximum absolute atomic E-state index is 12.2. The number of hydrogen-bond donors (Lipinski definition) is 5. The van der Waals surface area contributed by atoms with Crippen molar-refractivity contribution in [1.29, 1.82) is 0 Å². The Labute approximate surface area is 377 Å². The molecule has 66 heavy (non-hydrogen) atoms. The largest absolute Gasteiger partial charge is 0.506 e. The van der Waals surface area contributed by atoms with E-state index < -0.39 is 30.0 Å². The molecule has 5 N–H and O–H groups in total. The van der Waals surface area contributed by atoms with Gasteiger partial charge in [0.05, 0.1) is 28.4 Å². The number of para-hydroxylation sites is 1. The number of nitrogens with zero attached hydrogens (tertiary/aromatic N) is 8. The van der Waals surface area contributed by atoms with Gasteiger partial charge < -0.3 is 15.5 Å². The minimum absolute atomic E-state index is 0.0187. The van der Waals surface area contributed by atoms with Crippen molar-refractivity contribution >= 4 is 98.7 Å². The van der Waals surface area contributed by atoms with Crippen LogP contribution in [0.3, 0.4) is 0 Å². The van der Waals surface area contributed by atoms with Gasteiger partial charge in [-0.3, -0.25) is 9.11 Å². The van der Waals surface area contributed by atoms with Crippen LogP contribution in [0.25, 0.3) is 21.5 Å². The van der Waals surface area contributed by atoms with E-state index in [1.165, 1.54) is 18.2 Å². The first kappa shape index (κ1) is 44.5. The Kier molecular flexibility index (Phi) is 12.3. The molecule has 330 valence electrons. The molecule has 0 bridgehead atoms. The number of hydrogen-bond acceptors (Lipinski definition) is 15. The highest BCUT2D eigenvalue weighted by Gasteiger charge is 2.21. The van der Waals surface area contributed by atoms with E-state index in [9.17, 15) is 36.2 Å². The third kappa shape index (κ3) is 9.98. The van der Waals surface area contributed by atoms with Crippen LogP contribution in [0.4, 0.5) is 56.9 Å². The summed E-state index contributed by atoms with van der Waals surface area (Å²) in [7, 11) is -9.47. The average Bonchev–Trinajstić information content (AvgIpc) is 3.27. The molecule has 0 atom stereocenters. The second kappa shape index (κ2) is 18.2. The van der Waals surface area contributed by atoms with Crippen molar-refractivity contribution in [3.8, 4) is 11.5 Å². The fourth-order valence-electron chi connectivity index (χ4n) is 6.85. The number of nitrogens with one attached hydrogen (secondary N) is 1. The van der Waals surface area contributed by atoms with Gasteiger partial charge in [0.15, 0.2) is 5.75 Å². The molecule has 8 rings (SSSR count). The summed E-state index contributed by atoms with van der Waals surface area (Å²) in [4.78, 5) is -1.07. The quantitative estimate of drug-likeness (QED) is 0.0575. The molecule has 0 aromatic heterocycles. The lowest BCUT2D eigenvalue weighted by Crippen LogP contribution is -2.01. The number of phenols is 2. The van der Waals surface area contributed by atoms with E-state index in [-0.39, 0.29) is 39.3 Å². The van der Waals surface area contributed by atoms with Gasteiger partial charge in [0.1, 0.15) is 32.6 Å². The highest BCUT2D eigenvalue weighted by molar-refractivity contribution is 7.86. The molecule has 0 saturated heterocycles. The molecule has 0 spiro atoms. The minimum atomic E-state index is -4.80. The van der Waals surface area contributed by atoms with Gasteiger partial charge in [-0.2, -0.15) is 42.4 Å². The lowest BCUT2D eigenvalue weighted by Gasteiger charge is -2.09. The third-order valence-electron chi connectivity index (χ3n) is 10.2. The fraction of sp³-hybridized carbons (Fsp3) is 0.0638. The van der Waals surface area contributed by atoms with Crippen LogP contribution < -0.4 is 5.32 Å². The first-order chi connectivity index (χ1) is 31.5. The van der Waals surface area contributed by atoms with Crippen LogP contribution in [0.1, 0.15) is 16.7 Å². The molecule has 0 radical (unpaired) electrons. The molecule has 0 aliphatic heterocycles. The van der Waals surface area contributed by atoms with Crippen LogP contribution in [-0.2, 0) is 20.2 Å². The van der Waals surface area contributed by atoms with Crippen molar-refractivity contribution in [2.45, 2.75) is 30.6 Å². The molecule has 0 heterocycles. The molecule has 0 saturated carbocycles. The maximum Gasteiger partial charge on any atom is 0.296 e. The standard InChI is InChI=1S/C47H37N9O8S2/c1-27-20-35(50-54-41-26-44(57)42(22-29(41)3)55-53-40-17-12-31-23-33(13-16-36(31)47(40)58)48-32-9-5-4-6-10-32)14-18-38(27)51-49-34-15-19-39(28(2)21-34)52-56-43-25-37-30(24-46(43)66(62,63)64)8-7-11-45(37)65(59,60)61/h4-26,48,57-58H,1-3H3,(H,59,60,61)(H,62,63,64). The summed E-state index contributed by atoms with van der Waals surface area (Å²) in [5, 5.41) is 60.6. The number of aryl methyl sites for hydroxylation is 3. The number of azo groups is 4. The molecular formula is C47H37N9O8S2. The van der Waals surface area contributed by atoms with E-state index in [2.05, 4.69) is 46.2 Å². The molecule has 17 nitrogen and oxygen atoms in total. The van der Waals surface area contributed by atoms with Crippen molar-refractivity contribution < 1.29 is 36.2 Å². The van der Waals surface area contributed by atoms with Gasteiger partial charge in [-0.05, 0) is 145 Å². The predicted molar refractivity (Wildman–Crippen MR) is 251 cm³/mol. The first-order valence-electron chi connectivity index (χ1n) is 19.8. The van der Waals surface area contributed by atoms with Gasteiger partial charge in [0.25, 0.3) is 20.2 Å². The van der Waals surface area contributed by atoms with Crippen LogP contribution in [0.15, 0.2) is 190 Å². The molecule has 0 fully saturated rings. The lowest BCUT2D eigenvalue weighted by atomic mass is 10.1. The average molecular weight is 920 g/mol. The summed E-state index contributed by atoms with van der Waals surface area (Å²) in [5.41, 5.74) is 6.15. The summed E-state index contributed by atoms with van der Waals surface area (Å²) in [6.07, 6.45) is 0. The molecule has 0 amide bonds. The second-order valence-electron chi connectivity index (χ2n) is 15.0. The molecule has 0 aliphatic carbocycles. The Balaban J connectivity index is 0.933. The predicted octanol–water partition coefficient (Wildman–Crippen LogP) is 14.2. The second-order valence-corrected chi connectivity index (χ2v) is 17.8. The number of fused-ring (bicyclic) bond motifs is 2. The minimum Gasteiger partial charge on any atom is -0.506 e. The number of aromatic hydroxyl groups is 2. The van der Waals surface area contributed by atoms with Gasteiger partial charge >= 0.3 is 0 Å². The fourth-order valence-corrected chi connectivity index (χ4v) is 8.19. The first-order valence-corrected chi connectivity index (χ1v) is 22.7. The Morgan fingerprint density at radius 2 is 0.970 bits per heavy atom. The number of rotatable bonds is 12. The topological polar surface area (TPSA) is 260 Å². The molecular weight excluding hydrogens is 883 g/mol. The zero-order chi connectivity index (χ0) is 46.8. The normalized spacial score (nSPS) is 12.4. The Morgan fingerprint density at radius 3 is 1.62 bits per heavy atom. The van der Waals surface area contributed by atoms with E-state index in [0.29, 0.717) is 45.0 Å². The van der Waals surface area contributed by atoms with Crippen LogP contribution in [-0.4, -0.2) is 36.2 Å². The number of phenolic OH excluding ortho intramolecular Hbond substituents is 2. The van der Waals surface area contributed by atoms with Crippen LogP contribution >= 0.6 is 0 Å². The Morgan fingerprint density at radius 1 is 0.409 bits per heavy atom. The summed E-state index contributed by atoms with van der Waals surface area (Å²) < 4.78 is 67.9. The molecule has 0 aliphatic rings. The highest BCUT2D eigenvalue weighted by atomic mass is 32.2. The van der Waals surface area contributed by atoms with Gasteiger partial charge in [0, 0.05) is 28.2 Å². The highest BCUT2D eigenvalue weighted by Crippen LogP contribution is 2.41. The molecule has 8 aromatic carbocycles. The van der Waals surface area contributed by atoms with E-state index >= 15 is 0 Å². The summed E-state index contributed by atoms with van der Waals surface area (Å²) in [6, 6.07) is 38.0. The lowest BCUT2D eigenvalue weighted by molar-refractivity contribution is 0.475. The Bertz CT molecular complexity index is 3580. The SMILES string of the molecule is Cc1cc(N=Nc2cc(O)c(N=Nc3ccc4cc(Nc5ccccc5)ccc4c3O)cc2C)ccc1N=Nc1ccc(N=Nc2cc3c(S(=O)(=O)O)cccc3cc2S(=O)(=O)O)c(C)c1. The van der Waals surface area contributed by atoms with Crippen molar-refractivity contribution in [3.63, 3.8) is 0 Å².